The molecule has 1 aliphatic rings. The maximum Gasteiger partial charge on any atom is 0.127 e. The summed E-state index contributed by atoms with van der Waals surface area (Å²) < 4.78 is 34.4. The highest BCUT2D eigenvalue weighted by molar-refractivity contribution is 6.32. The summed E-state index contributed by atoms with van der Waals surface area (Å²) in [6, 6.07) is 9.56. The van der Waals surface area contributed by atoms with Crippen LogP contribution in [-0.4, -0.2) is 48.3 Å². The number of hydrogen-bond acceptors (Lipinski definition) is 4. The van der Waals surface area contributed by atoms with Gasteiger partial charge < -0.3 is 9.84 Å². The van der Waals surface area contributed by atoms with Gasteiger partial charge in [0.05, 0.1) is 24.2 Å². The van der Waals surface area contributed by atoms with Crippen LogP contribution in [0.25, 0.3) is 10.9 Å². The lowest BCUT2D eigenvalue weighted by Crippen LogP contribution is -2.42. The van der Waals surface area contributed by atoms with E-state index in [1.165, 1.54) is 18.3 Å². The van der Waals surface area contributed by atoms with E-state index in [1.807, 2.05) is 0 Å². The van der Waals surface area contributed by atoms with Crippen LogP contribution in [0.4, 0.5) is 8.78 Å². The largest absolute Gasteiger partial charge is 0.497 e. The number of piperidine rings is 1. The molecule has 36 heavy (non-hydrogen) atoms. The van der Waals surface area contributed by atoms with Crippen molar-refractivity contribution in [3.63, 3.8) is 0 Å². The van der Waals surface area contributed by atoms with Gasteiger partial charge in [0, 0.05) is 34.3 Å². The second kappa shape index (κ2) is 11.7. The molecule has 0 spiro atoms. The van der Waals surface area contributed by atoms with E-state index in [0.717, 1.165) is 25.9 Å². The third-order valence-electron chi connectivity index (χ3n) is 6.96. The predicted octanol–water partition coefficient (Wildman–Crippen LogP) is 6.61. The number of fused-ring (bicyclic) bond motifs is 1. The summed E-state index contributed by atoms with van der Waals surface area (Å²) >= 11 is 12.3. The average molecular weight is 533 g/mol. The van der Waals surface area contributed by atoms with Crippen LogP contribution in [0.3, 0.4) is 0 Å². The fourth-order valence-electron chi connectivity index (χ4n) is 4.74. The number of benzene rings is 2. The molecule has 1 fully saturated rings. The molecule has 0 radical (unpaired) electrons. The second-order valence-corrected chi connectivity index (χ2v) is 10.1. The van der Waals surface area contributed by atoms with Crippen molar-refractivity contribution in [2.75, 3.05) is 33.4 Å². The van der Waals surface area contributed by atoms with Crippen LogP contribution in [0, 0.1) is 23.1 Å². The molecule has 1 N–H and O–H groups in total. The van der Waals surface area contributed by atoms with Crippen LogP contribution < -0.4 is 4.74 Å². The number of nitrogens with zero attached hydrogens (tertiary/aromatic N) is 2. The standard InChI is InChI=1S/C28H28Cl2F2N2O2/c1-36-22-4-5-26-23(16-22)27(24(30)17-33-26)25(32)6-7-28(18-35)8-11-34(12-9-28)10-2-3-19-13-20(29)15-21(31)14-19/h4-5,13-17,25,35H,6-12,18H2,1H3/t25-/m1/s1. The molecule has 3 aromatic rings. The highest BCUT2D eigenvalue weighted by Gasteiger charge is 2.35. The summed E-state index contributed by atoms with van der Waals surface area (Å²) in [7, 11) is 1.56. The van der Waals surface area contributed by atoms with Crippen molar-refractivity contribution in [1.82, 2.24) is 9.88 Å². The fourth-order valence-corrected chi connectivity index (χ4v) is 5.23. The third kappa shape index (κ3) is 6.27. The number of pyridine rings is 1. The summed E-state index contributed by atoms with van der Waals surface area (Å²) in [6.07, 6.45) is 2.45. The Labute approximate surface area is 220 Å². The lowest BCUT2D eigenvalue weighted by molar-refractivity contribution is 0.0344. The molecular formula is C28H28Cl2F2N2O2. The van der Waals surface area contributed by atoms with Crippen molar-refractivity contribution in [2.24, 2.45) is 5.41 Å². The summed E-state index contributed by atoms with van der Waals surface area (Å²) in [5, 5.41) is 11.5. The molecule has 4 nitrogen and oxygen atoms in total. The van der Waals surface area contributed by atoms with Crippen LogP contribution in [0.15, 0.2) is 42.6 Å². The van der Waals surface area contributed by atoms with Crippen LogP contribution in [-0.2, 0) is 0 Å². The molecule has 0 bridgehead atoms. The van der Waals surface area contributed by atoms with Crippen molar-refractivity contribution in [3.8, 4) is 17.6 Å². The first-order chi connectivity index (χ1) is 17.3. The first-order valence-corrected chi connectivity index (χ1v) is 12.6. The van der Waals surface area contributed by atoms with Gasteiger partial charge in [-0.25, -0.2) is 8.78 Å². The Morgan fingerprint density at radius 2 is 1.97 bits per heavy atom. The van der Waals surface area contributed by atoms with E-state index < -0.39 is 12.0 Å². The fraction of sp³-hybridized carbons (Fsp3) is 0.393. The first kappa shape index (κ1) is 26.6. The van der Waals surface area contributed by atoms with Gasteiger partial charge in [0.15, 0.2) is 0 Å². The smallest absolute Gasteiger partial charge is 0.127 e. The van der Waals surface area contributed by atoms with Gasteiger partial charge in [-0.05, 0) is 80.6 Å². The first-order valence-electron chi connectivity index (χ1n) is 11.9. The zero-order valence-electron chi connectivity index (χ0n) is 20.0. The second-order valence-electron chi connectivity index (χ2n) is 9.30. The molecule has 1 saturated heterocycles. The molecule has 4 rings (SSSR count). The van der Waals surface area contributed by atoms with E-state index in [1.54, 1.807) is 31.4 Å². The van der Waals surface area contributed by atoms with Crippen molar-refractivity contribution in [3.05, 3.63) is 69.6 Å². The zero-order chi connectivity index (χ0) is 25.7. The Bertz CT molecular complexity index is 1260. The Morgan fingerprint density at radius 3 is 2.67 bits per heavy atom. The highest BCUT2D eigenvalue weighted by Crippen LogP contribution is 2.41. The maximum absolute atomic E-state index is 15.6. The van der Waals surface area contributed by atoms with Crippen molar-refractivity contribution in [2.45, 2.75) is 31.9 Å². The number of hydrogen-bond donors (Lipinski definition) is 1. The summed E-state index contributed by atoms with van der Waals surface area (Å²) in [6.45, 7) is 2.01. The van der Waals surface area contributed by atoms with Gasteiger partial charge in [-0.2, -0.15) is 0 Å². The Balaban J connectivity index is 1.38. The quantitative estimate of drug-likeness (QED) is 0.348. The number of aliphatic hydroxyl groups is 1. The predicted molar refractivity (Wildman–Crippen MR) is 140 cm³/mol. The highest BCUT2D eigenvalue weighted by atomic mass is 35.5. The SMILES string of the molecule is COc1ccc2ncc(Cl)c([C@H](F)CCC3(CO)CCN(CC#Cc4cc(F)cc(Cl)c4)CC3)c2c1. The van der Waals surface area contributed by atoms with E-state index >= 15 is 4.39 Å². The molecule has 0 saturated carbocycles. The number of alkyl halides is 1. The van der Waals surface area contributed by atoms with Crippen LogP contribution in [0.5, 0.6) is 5.75 Å². The minimum Gasteiger partial charge on any atom is -0.497 e. The number of rotatable bonds is 7. The lowest BCUT2D eigenvalue weighted by Gasteiger charge is -2.40. The molecular weight excluding hydrogens is 505 g/mol. The Morgan fingerprint density at radius 1 is 1.19 bits per heavy atom. The van der Waals surface area contributed by atoms with E-state index in [9.17, 15) is 9.50 Å². The van der Waals surface area contributed by atoms with Gasteiger partial charge in [0.2, 0.25) is 0 Å². The normalized spacial score (nSPS) is 16.4. The van der Waals surface area contributed by atoms with Gasteiger partial charge in [0.1, 0.15) is 17.7 Å². The maximum atomic E-state index is 15.6. The van der Waals surface area contributed by atoms with Crippen molar-refractivity contribution < 1.29 is 18.6 Å². The summed E-state index contributed by atoms with van der Waals surface area (Å²) in [5.41, 5.74) is 1.26. The van der Waals surface area contributed by atoms with Crippen molar-refractivity contribution >= 4 is 34.1 Å². The van der Waals surface area contributed by atoms with Gasteiger partial charge in [-0.1, -0.05) is 35.0 Å². The molecule has 2 aromatic carbocycles. The van der Waals surface area contributed by atoms with Crippen LogP contribution >= 0.6 is 23.2 Å². The molecule has 1 aromatic heterocycles. The number of methoxy groups -OCH3 is 1. The summed E-state index contributed by atoms with van der Waals surface area (Å²) in [5.74, 6) is 6.23. The van der Waals surface area contributed by atoms with Crippen molar-refractivity contribution in [1.29, 1.82) is 0 Å². The van der Waals surface area contributed by atoms with Crippen LogP contribution in [0.2, 0.25) is 10.0 Å². The molecule has 1 aliphatic heterocycles. The molecule has 190 valence electrons. The third-order valence-corrected chi connectivity index (χ3v) is 7.48. The monoisotopic (exact) mass is 532 g/mol. The minimum atomic E-state index is -1.29. The van der Waals surface area contributed by atoms with Gasteiger partial charge >= 0.3 is 0 Å². The number of likely N-dealkylation sites (tertiary alicyclic amines) is 1. The minimum absolute atomic E-state index is 0.000320. The molecule has 2 heterocycles. The number of ether oxygens (including phenoxy) is 1. The Hall–Kier alpha value is -2.43. The van der Waals surface area contributed by atoms with E-state index in [4.69, 9.17) is 27.9 Å². The van der Waals surface area contributed by atoms with E-state index in [2.05, 4.69) is 21.7 Å². The molecule has 0 aliphatic carbocycles. The number of halogens is 4. The van der Waals surface area contributed by atoms with E-state index in [-0.39, 0.29) is 23.5 Å². The number of aliphatic hydroxyl groups excluding tert-OH is 1. The molecule has 0 amide bonds. The summed E-state index contributed by atoms with van der Waals surface area (Å²) in [4.78, 5) is 6.49. The molecule has 0 unspecified atom stereocenters. The van der Waals surface area contributed by atoms with Gasteiger partial charge in [0.25, 0.3) is 0 Å². The molecule has 1 atom stereocenters. The molecule has 8 heteroatoms. The average Bonchev–Trinajstić information content (AvgIpc) is 2.87. The lowest BCUT2D eigenvalue weighted by atomic mass is 9.74. The zero-order valence-corrected chi connectivity index (χ0v) is 21.5. The van der Waals surface area contributed by atoms with Gasteiger partial charge in [-0.3, -0.25) is 9.88 Å². The topological polar surface area (TPSA) is 45.6 Å². The van der Waals surface area contributed by atoms with Gasteiger partial charge in [-0.15, -0.1) is 0 Å². The van der Waals surface area contributed by atoms with E-state index in [0.29, 0.717) is 45.8 Å². The number of aromatic nitrogens is 1. The Kier molecular flexibility index (Phi) is 8.69. The van der Waals surface area contributed by atoms with Crippen LogP contribution in [0.1, 0.15) is 43.0 Å².